The molecular weight excluding hydrogens is 376 g/mol. The van der Waals surface area contributed by atoms with E-state index in [0.717, 1.165) is 18.2 Å². The zero-order chi connectivity index (χ0) is 20.9. The number of aldehydes is 1. The molecule has 0 aliphatic rings. The van der Waals surface area contributed by atoms with Crippen molar-refractivity contribution in [2.24, 2.45) is 0 Å². The summed E-state index contributed by atoms with van der Waals surface area (Å²) in [6.45, 7) is 6.29. The molecule has 0 saturated heterocycles. The number of hydrogen-bond donors (Lipinski definition) is 1. The van der Waals surface area contributed by atoms with Crippen LogP contribution in [0, 0.1) is 0 Å². The minimum Gasteiger partial charge on any atom is -0.507 e. The molecule has 0 fully saturated rings. The second-order valence-corrected chi connectivity index (χ2v) is 5.73. The highest BCUT2D eigenvalue weighted by Gasteiger charge is 2.35. The Labute approximate surface area is 158 Å². The van der Waals surface area contributed by atoms with Crippen molar-refractivity contribution in [1.82, 2.24) is 0 Å². The van der Waals surface area contributed by atoms with Gasteiger partial charge in [0.1, 0.15) is 23.9 Å². The Morgan fingerprint density at radius 2 is 1.89 bits per heavy atom. The van der Waals surface area contributed by atoms with Crippen molar-refractivity contribution >= 4 is 11.9 Å². The normalized spacial score (nSPS) is 11.8. The number of carbonyl (C=O) groups is 1. The Morgan fingerprint density at radius 3 is 2.43 bits per heavy atom. The molecule has 2 aromatic rings. The molecule has 28 heavy (non-hydrogen) atoms. The van der Waals surface area contributed by atoms with Crippen molar-refractivity contribution in [2.45, 2.75) is 12.8 Å². The number of allylic oxidation sites excluding steroid dienone is 4. The predicted octanol–water partition coefficient (Wildman–Crippen LogP) is 5.86. The van der Waals surface area contributed by atoms with Crippen LogP contribution < -0.4 is 4.74 Å². The topological polar surface area (TPSA) is 46.5 Å². The summed E-state index contributed by atoms with van der Waals surface area (Å²) in [5, 5.41) is 9.65. The minimum absolute atomic E-state index is 0.0837. The van der Waals surface area contributed by atoms with Gasteiger partial charge in [0.25, 0.3) is 0 Å². The number of benzene rings is 2. The fourth-order valence-corrected chi connectivity index (χ4v) is 2.47. The van der Waals surface area contributed by atoms with Gasteiger partial charge in [-0.3, -0.25) is 4.79 Å². The highest BCUT2D eigenvalue weighted by atomic mass is 19.4. The number of hydrogen-bond acceptors (Lipinski definition) is 3. The van der Waals surface area contributed by atoms with E-state index < -0.39 is 17.6 Å². The average molecular weight is 392 g/mol. The maximum Gasteiger partial charge on any atom is 0.417 e. The molecule has 0 heterocycles. The van der Waals surface area contributed by atoms with E-state index in [1.54, 1.807) is 0 Å². The molecule has 0 saturated carbocycles. The van der Waals surface area contributed by atoms with Gasteiger partial charge >= 0.3 is 6.18 Å². The molecule has 2 rings (SSSR count). The fraction of sp³-hybridized carbons (Fsp3) is 0.0952. The Balaban J connectivity index is 2.36. The molecule has 2 aromatic carbocycles. The van der Waals surface area contributed by atoms with Crippen LogP contribution in [-0.2, 0) is 12.8 Å². The number of rotatable bonds is 7. The molecule has 7 heteroatoms. The van der Waals surface area contributed by atoms with Crippen LogP contribution in [-0.4, -0.2) is 11.4 Å². The second-order valence-electron chi connectivity index (χ2n) is 5.73. The Hall–Kier alpha value is -3.35. The summed E-state index contributed by atoms with van der Waals surface area (Å²) in [6.07, 6.45) is -2.01. The summed E-state index contributed by atoms with van der Waals surface area (Å²) >= 11 is 0. The van der Waals surface area contributed by atoms with Crippen LogP contribution >= 0.6 is 0 Å². The predicted molar refractivity (Wildman–Crippen MR) is 97.7 cm³/mol. The Morgan fingerprint density at radius 1 is 1.18 bits per heavy atom. The molecule has 0 radical (unpaired) electrons. The van der Waals surface area contributed by atoms with E-state index >= 15 is 0 Å². The lowest BCUT2D eigenvalue weighted by molar-refractivity contribution is -0.137. The number of halogens is 4. The van der Waals surface area contributed by atoms with Crippen molar-refractivity contribution in [3.63, 3.8) is 0 Å². The Bertz CT molecular complexity index is 943. The van der Waals surface area contributed by atoms with Crippen molar-refractivity contribution in [2.75, 3.05) is 0 Å². The summed E-state index contributed by atoms with van der Waals surface area (Å²) in [7, 11) is 0. The third kappa shape index (κ3) is 4.88. The van der Waals surface area contributed by atoms with Crippen LogP contribution in [0.15, 0.2) is 67.5 Å². The molecule has 0 spiro atoms. The molecule has 0 amide bonds. The molecule has 0 aliphatic heterocycles. The van der Waals surface area contributed by atoms with Gasteiger partial charge in [-0.05, 0) is 41.5 Å². The zero-order valence-corrected chi connectivity index (χ0v) is 14.6. The first-order valence-corrected chi connectivity index (χ1v) is 7.96. The van der Waals surface area contributed by atoms with Crippen LogP contribution in [0.2, 0.25) is 0 Å². The maximum absolute atomic E-state index is 13.6. The van der Waals surface area contributed by atoms with Crippen molar-refractivity contribution in [1.29, 1.82) is 0 Å². The van der Waals surface area contributed by atoms with Gasteiger partial charge in [-0.15, -0.1) is 0 Å². The molecule has 146 valence electrons. The summed E-state index contributed by atoms with van der Waals surface area (Å²) in [6, 6.07) is 7.26. The lowest BCUT2D eigenvalue weighted by Gasteiger charge is -2.16. The lowest BCUT2D eigenvalue weighted by atomic mass is 9.97. The van der Waals surface area contributed by atoms with E-state index in [-0.39, 0.29) is 34.8 Å². The van der Waals surface area contributed by atoms with Gasteiger partial charge in [-0.1, -0.05) is 31.4 Å². The number of phenolic OH excluding ortho intramolecular Hbond substituents is 1. The summed E-state index contributed by atoms with van der Waals surface area (Å²) < 4.78 is 59.4. The highest BCUT2D eigenvalue weighted by Crippen LogP contribution is 2.39. The van der Waals surface area contributed by atoms with Gasteiger partial charge in [0.2, 0.25) is 0 Å². The average Bonchev–Trinajstić information content (AvgIpc) is 2.63. The molecule has 0 aliphatic carbocycles. The monoisotopic (exact) mass is 392 g/mol. The second kappa shape index (κ2) is 8.56. The van der Waals surface area contributed by atoms with Crippen LogP contribution in [0.25, 0.3) is 5.57 Å². The van der Waals surface area contributed by atoms with Gasteiger partial charge in [0.15, 0.2) is 6.29 Å². The molecular formula is C21H16F4O3. The maximum atomic E-state index is 13.6. The smallest absolute Gasteiger partial charge is 0.417 e. The summed E-state index contributed by atoms with van der Waals surface area (Å²) in [4.78, 5) is 10.7. The first kappa shape index (κ1) is 21.0. The number of aromatic hydroxyl groups is 1. The molecule has 0 unspecified atom stereocenters. The van der Waals surface area contributed by atoms with Crippen LogP contribution in [0.1, 0.15) is 27.0 Å². The number of carbonyl (C=O) groups excluding carboxylic acids is 1. The number of ether oxygens (including phenoxy) is 1. The highest BCUT2D eigenvalue weighted by molar-refractivity contribution is 5.80. The third-order valence-electron chi connectivity index (χ3n) is 3.79. The third-order valence-corrected chi connectivity index (χ3v) is 3.79. The first-order chi connectivity index (χ1) is 13.2. The van der Waals surface area contributed by atoms with Crippen LogP contribution in [0.5, 0.6) is 11.5 Å². The SMILES string of the molecule is C=C/C=C(\C(=C)F)c1ccc(OCc2ccc(C=O)c(O)c2)cc1C(F)(F)F. The van der Waals surface area contributed by atoms with Gasteiger partial charge in [-0.2, -0.15) is 13.2 Å². The van der Waals surface area contributed by atoms with Gasteiger partial charge in [-0.25, -0.2) is 4.39 Å². The molecule has 3 nitrogen and oxygen atoms in total. The fourth-order valence-electron chi connectivity index (χ4n) is 2.47. The molecule has 0 bridgehead atoms. The van der Waals surface area contributed by atoms with E-state index in [2.05, 4.69) is 13.2 Å². The largest absolute Gasteiger partial charge is 0.507 e. The van der Waals surface area contributed by atoms with E-state index in [0.29, 0.717) is 11.8 Å². The quantitative estimate of drug-likeness (QED) is 0.365. The number of phenols is 1. The number of alkyl halides is 3. The van der Waals surface area contributed by atoms with Crippen LogP contribution in [0.4, 0.5) is 17.6 Å². The van der Waals surface area contributed by atoms with Crippen LogP contribution in [0.3, 0.4) is 0 Å². The zero-order valence-electron chi connectivity index (χ0n) is 14.6. The van der Waals surface area contributed by atoms with E-state index in [1.165, 1.54) is 30.3 Å². The van der Waals surface area contributed by atoms with Crippen molar-refractivity contribution in [3.8, 4) is 11.5 Å². The van der Waals surface area contributed by atoms with E-state index in [9.17, 15) is 27.5 Å². The minimum atomic E-state index is -4.76. The molecule has 0 aromatic heterocycles. The molecule has 0 atom stereocenters. The summed E-state index contributed by atoms with van der Waals surface area (Å²) in [5.74, 6) is -1.38. The van der Waals surface area contributed by atoms with Gasteiger partial charge in [0.05, 0.1) is 11.1 Å². The summed E-state index contributed by atoms with van der Waals surface area (Å²) in [5.41, 5.74) is -1.27. The molecule has 1 N–H and O–H groups in total. The lowest BCUT2D eigenvalue weighted by Crippen LogP contribution is -2.10. The Kier molecular flexibility index (Phi) is 6.41. The van der Waals surface area contributed by atoms with Crippen molar-refractivity contribution < 1.29 is 32.2 Å². The van der Waals surface area contributed by atoms with Crippen molar-refractivity contribution in [3.05, 3.63) is 89.8 Å². The van der Waals surface area contributed by atoms with Gasteiger partial charge < -0.3 is 9.84 Å². The van der Waals surface area contributed by atoms with E-state index in [4.69, 9.17) is 4.74 Å². The van der Waals surface area contributed by atoms with Gasteiger partial charge in [0, 0.05) is 5.57 Å². The van der Waals surface area contributed by atoms with E-state index in [1.807, 2.05) is 0 Å². The standard InChI is InChI=1S/C21H16F4O3/c1-3-4-17(13(2)22)18-8-7-16(10-19(18)21(23,24)25)28-12-14-5-6-15(11-26)20(27)9-14/h3-11,27H,1-2,12H2/b17-4+. The first-order valence-electron chi connectivity index (χ1n) is 7.96.